The highest BCUT2D eigenvalue weighted by molar-refractivity contribution is 7.89. The number of carboxylic acid groups (broad SMARTS) is 1. The summed E-state index contributed by atoms with van der Waals surface area (Å²) in [7, 11) is -4.02. The molecule has 0 bridgehead atoms. The molecule has 0 aliphatic rings. The zero-order valence-electron chi connectivity index (χ0n) is 9.71. The second kappa shape index (κ2) is 5.69. The molecule has 3 N–H and O–H groups in total. The Bertz CT molecular complexity index is 637. The molecule has 6 nitrogen and oxygen atoms in total. The molecule has 0 spiro atoms. The van der Waals surface area contributed by atoms with Gasteiger partial charge in [-0.3, -0.25) is 4.79 Å². The molecule has 0 aliphatic carbocycles. The Morgan fingerprint density at radius 2 is 2.16 bits per heavy atom. The minimum Gasteiger partial charge on any atom is -0.480 e. The number of hydrogen-bond acceptors (Lipinski definition) is 4. The third kappa shape index (κ3) is 3.94. The van der Waals surface area contributed by atoms with Crippen molar-refractivity contribution in [3.8, 4) is 12.3 Å². The van der Waals surface area contributed by atoms with E-state index in [1.165, 1.54) is 0 Å². The number of anilines is 1. The Kier molecular flexibility index (Phi) is 4.47. The van der Waals surface area contributed by atoms with Gasteiger partial charge in [-0.1, -0.05) is 5.92 Å². The lowest BCUT2D eigenvalue weighted by Crippen LogP contribution is -2.30. The zero-order chi connectivity index (χ0) is 14.6. The number of primary sulfonamides is 1. The first kappa shape index (κ1) is 14.9. The predicted molar refractivity (Wildman–Crippen MR) is 66.5 cm³/mol. The number of hydrogen-bond donors (Lipinski definition) is 2. The predicted octanol–water partition coefficient (Wildman–Crippen LogP) is -0.00270. The van der Waals surface area contributed by atoms with Crippen LogP contribution in [-0.2, 0) is 14.8 Å². The minimum absolute atomic E-state index is 0.104. The minimum atomic E-state index is -4.02. The van der Waals surface area contributed by atoms with Crippen molar-refractivity contribution in [2.24, 2.45) is 5.14 Å². The van der Waals surface area contributed by atoms with E-state index < -0.39 is 33.3 Å². The Morgan fingerprint density at radius 3 is 2.58 bits per heavy atom. The van der Waals surface area contributed by atoms with E-state index >= 15 is 0 Å². The Morgan fingerprint density at radius 1 is 1.53 bits per heavy atom. The van der Waals surface area contributed by atoms with Gasteiger partial charge >= 0.3 is 5.97 Å². The fourth-order valence-corrected chi connectivity index (χ4v) is 1.95. The van der Waals surface area contributed by atoms with Crippen molar-refractivity contribution in [1.29, 1.82) is 0 Å². The van der Waals surface area contributed by atoms with E-state index in [1.54, 1.807) is 0 Å². The number of benzene rings is 1. The normalized spacial score (nSPS) is 10.8. The maximum absolute atomic E-state index is 13.8. The van der Waals surface area contributed by atoms with Crippen LogP contribution in [0.4, 0.5) is 10.1 Å². The monoisotopic (exact) mass is 286 g/mol. The van der Waals surface area contributed by atoms with Crippen LogP contribution >= 0.6 is 0 Å². The van der Waals surface area contributed by atoms with E-state index in [2.05, 4.69) is 5.92 Å². The van der Waals surface area contributed by atoms with Crippen molar-refractivity contribution >= 4 is 21.7 Å². The standard InChI is InChI=1S/C11H11FN2O4S/c1-2-5-14(7-11(15)16)10-4-3-8(6-9(10)12)19(13,17)18/h1,3-4,6H,5,7H2,(H,15,16)(H2,13,17,18). The molecule has 0 atom stereocenters. The van der Waals surface area contributed by atoms with Gasteiger partial charge in [0.1, 0.15) is 12.4 Å². The second-order valence-electron chi connectivity index (χ2n) is 3.61. The molecule has 1 aromatic carbocycles. The van der Waals surface area contributed by atoms with Crippen LogP contribution in [0.1, 0.15) is 0 Å². The fraction of sp³-hybridized carbons (Fsp3) is 0.182. The largest absolute Gasteiger partial charge is 0.480 e. The van der Waals surface area contributed by atoms with Crippen LogP contribution in [0.25, 0.3) is 0 Å². The van der Waals surface area contributed by atoms with Crippen LogP contribution in [0.5, 0.6) is 0 Å². The van der Waals surface area contributed by atoms with Crippen LogP contribution in [0, 0.1) is 18.2 Å². The first-order chi connectivity index (χ1) is 8.75. The van der Waals surface area contributed by atoms with Gasteiger partial charge in [0.15, 0.2) is 0 Å². The van der Waals surface area contributed by atoms with Crippen LogP contribution in [0.2, 0.25) is 0 Å². The Balaban J connectivity index is 3.19. The Hall–Kier alpha value is -2.11. The van der Waals surface area contributed by atoms with Gasteiger partial charge in [-0.25, -0.2) is 17.9 Å². The quantitative estimate of drug-likeness (QED) is 0.742. The van der Waals surface area contributed by atoms with E-state index in [4.69, 9.17) is 16.7 Å². The smallest absolute Gasteiger partial charge is 0.323 e. The summed E-state index contributed by atoms with van der Waals surface area (Å²) in [6.07, 6.45) is 5.07. The highest BCUT2D eigenvalue weighted by Crippen LogP contribution is 2.22. The molecule has 0 unspecified atom stereocenters. The number of terminal acetylenes is 1. The molecule has 0 saturated carbocycles. The lowest BCUT2D eigenvalue weighted by molar-refractivity contribution is -0.135. The van der Waals surface area contributed by atoms with Crippen molar-refractivity contribution in [3.63, 3.8) is 0 Å². The Labute approximate surface area is 109 Å². The number of sulfonamides is 1. The molecule has 1 aromatic rings. The summed E-state index contributed by atoms with van der Waals surface area (Å²) in [5, 5.41) is 13.6. The summed E-state index contributed by atoms with van der Waals surface area (Å²) in [6.45, 7) is -0.631. The van der Waals surface area contributed by atoms with E-state index in [-0.39, 0.29) is 12.2 Å². The number of rotatable bonds is 5. The molecule has 0 saturated heterocycles. The average molecular weight is 286 g/mol. The number of carbonyl (C=O) groups is 1. The molecule has 0 radical (unpaired) electrons. The molecule has 1 rings (SSSR count). The van der Waals surface area contributed by atoms with Gasteiger partial charge in [0.05, 0.1) is 17.1 Å². The molecule has 102 valence electrons. The van der Waals surface area contributed by atoms with Crippen LogP contribution in [-0.4, -0.2) is 32.6 Å². The summed E-state index contributed by atoms with van der Waals surface area (Å²) in [4.78, 5) is 11.3. The van der Waals surface area contributed by atoms with Crippen molar-refractivity contribution < 1.29 is 22.7 Å². The van der Waals surface area contributed by atoms with Crippen molar-refractivity contribution in [1.82, 2.24) is 0 Å². The maximum atomic E-state index is 13.8. The van der Waals surface area contributed by atoms with Crippen molar-refractivity contribution in [3.05, 3.63) is 24.0 Å². The maximum Gasteiger partial charge on any atom is 0.323 e. The van der Waals surface area contributed by atoms with Crippen molar-refractivity contribution in [2.45, 2.75) is 4.90 Å². The van der Waals surface area contributed by atoms with E-state index in [0.29, 0.717) is 0 Å². The van der Waals surface area contributed by atoms with Crippen molar-refractivity contribution in [2.75, 3.05) is 18.0 Å². The number of nitrogens with zero attached hydrogens (tertiary/aromatic N) is 1. The van der Waals surface area contributed by atoms with Gasteiger partial charge in [0.2, 0.25) is 10.0 Å². The zero-order valence-corrected chi connectivity index (χ0v) is 10.5. The summed E-state index contributed by atoms with van der Waals surface area (Å²) in [6, 6.07) is 2.92. The summed E-state index contributed by atoms with van der Waals surface area (Å²) < 4.78 is 35.9. The van der Waals surface area contributed by atoms with Gasteiger partial charge in [-0.2, -0.15) is 0 Å². The molecular weight excluding hydrogens is 275 g/mol. The number of halogens is 1. The summed E-state index contributed by atoms with van der Waals surface area (Å²) in [5.41, 5.74) is -0.104. The highest BCUT2D eigenvalue weighted by Gasteiger charge is 2.17. The first-order valence-electron chi connectivity index (χ1n) is 4.98. The van der Waals surface area contributed by atoms with E-state index in [0.717, 1.165) is 23.1 Å². The first-order valence-corrected chi connectivity index (χ1v) is 6.53. The second-order valence-corrected chi connectivity index (χ2v) is 5.17. The average Bonchev–Trinajstić information content (AvgIpc) is 2.26. The SMILES string of the molecule is C#CCN(CC(=O)O)c1ccc(S(N)(=O)=O)cc1F. The number of aliphatic carboxylic acids is 1. The molecule has 8 heteroatoms. The topological polar surface area (TPSA) is 101 Å². The van der Waals surface area contributed by atoms with Crippen LogP contribution in [0.3, 0.4) is 0 Å². The molecular formula is C11H11FN2O4S. The van der Waals surface area contributed by atoms with Gasteiger partial charge in [0, 0.05) is 0 Å². The molecule has 0 aliphatic heterocycles. The lowest BCUT2D eigenvalue weighted by Gasteiger charge is -2.20. The lowest BCUT2D eigenvalue weighted by atomic mass is 10.2. The third-order valence-corrected chi connectivity index (χ3v) is 3.11. The molecule has 0 fully saturated rings. The molecule has 19 heavy (non-hydrogen) atoms. The van der Waals surface area contributed by atoms with Gasteiger partial charge in [0.25, 0.3) is 0 Å². The van der Waals surface area contributed by atoms with Gasteiger partial charge < -0.3 is 10.0 Å². The molecule has 0 aromatic heterocycles. The van der Waals surface area contributed by atoms with Crippen LogP contribution in [0.15, 0.2) is 23.1 Å². The highest BCUT2D eigenvalue weighted by atomic mass is 32.2. The van der Waals surface area contributed by atoms with Gasteiger partial charge in [-0.05, 0) is 18.2 Å². The number of carboxylic acids is 1. The fourth-order valence-electron chi connectivity index (χ4n) is 1.42. The van der Waals surface area contributed by atoms with E-state index in [1.807, 2.05) is 0 Å². The van der Waals surface area contributed by atoms with Crippen LogP contribution < -0.4 is 10.0 Å². The summed E-state index contributed by atoms with van der Waals surface area (Å²) >= 11 is 0. The molecule has 0 heterocycles. The summed E-state index contributed by atoms with van der Waals surface area (Å²) in [5.74, 6) is 0.0932. The molecule has 0 amide bonds. The van der Waals surface area contributed by atoms with E-state index in [9.17, 15) is 17.6 Å². The third-order valence-electron chi connectivity index (χ3n) is 2.20. The number of nitrogens with two attached hydrogens (primary N) is 1. The van der Waals surface area contributed by atoms with Gasteiger partial charge in [-0.15, -0.1) is 6.42 Å².